The lowest BCUT2D eigenvalue weighted by Crippen LogP contribution is -2.23. The number of aromatic nitrogens is 1. The highest BCUT2D eigenvalue weighted by atomic mass is 32.2. The normalized spacial score (nSPS) is 20.0. The Kier molecular flexibility index (Phi) is 3.83. The minimum Gasteiger partial charge on any atom is -0.302 e. The second-order valence-corrected chi connectivity index (χ2v) is 6.16. The second kappa shape index (κ2) is 5.18. The highest BCUT2D eigenvalue weighted by Gasteiger charge is 2.31. The minimum absolute atomic E-state index is 0.115. The van der Waals surface area contributed by atoms with Crippen molar-refractivity contribution in [3.63, 3.8) is 0 Å². The molecule has 0 saturated carbocycles. The fourth-order valence-electron chi connectivity index (χ4n) is 1.82. The van der Waals surface area contributed by atoms with Crippen LogP contribution in [0.5, 0.6) is 0 Å². The summed E-state index contributed by atoms with van der Waals surface area (Å²) in [6.45, 7) is 4.19. The van der Waals surface area contributed by atoms with Crippen molar-refractivity contribution in [3.8, 4) is 0 Å². The summed E-state index contributed by atoms with van der Waals surface area (Å²) in [6.07, 6.45) is 0.539. The molecule has 4 nitrogen and oxygen atoms in total. The Morgan fingerprint density at radius 3 is 3.06 bits per heavy atom. The minimum atomic E-state index is 0.115. The number of aryl methyl sites for hydroxylation is 1. The predicted octanol–water partition coefficient (Wildman–Crippen LogP) is 2.08. The zero-order chi connectivity index (χ0) is 12.4. The smallest absolute Gasteiger partial charge is 0.228 e. The third kappa shape index (κ3) is 3.07. The van der Waals surface area contributed by atoms with E-state index in [0.29, 0.717) is 13.0 Å². The predicted molar refractivity (Wildman–Crippen MR) is 70.5 cm³/mol. The molecule has 6 heteroatoms. The van der Waals surface area contributed by atoms with Gasteiger partial charge in [-0.05, 0) is 30.4 Å². The van der Waals surface area contributed by atoms with Gasteiger partial charge in [-0.1, -0.05) is 11.8 Å². The van der Waals surface area contributed by atoms with Crippen molar-refractivity contribution in [3.05, 3.63) is 11.8 Å². The third-order valence-electron chi connectivity index (χ3n) is 2.61. The van der Waals surface area contributed by atoms with Crippen molar-refractivity contribution in [1.82, 2.24) is 4.37 Å². The molecular weight excluding hydrogens is 256 g/mol. The van der Waals surface area contributed by atoms with Gasteiger partial charge < -0.3 is 4.90 Å². The highest BCUT2D eigenvalue weighted by Crippen LogP contribution is 2.30. The largest absolute Gasteiger partial charge is 0.302 e. The molecule has 0 radical (unpaired) electrons. The van der Waals surface area contributed by atoms with Gasteiger partial charge in [-0.3, -0.25) is 9.59 Å². The highest BCUT2D eigenvalue weighted by molar-refractivity contribution is 8.13. The van der Waals surface area contributed by atoms with E-state index in [0.717, 1.165) is 16.4 Å². The van der Waals surface area contributed by atoms with Crippen molar-refractivity contribution in [2.75, 3.05) is 17.2 Å². The summed E-state index contributed by atoms with van der Waals surface area (Å²) in [5, 5.41) is 1.03. The molecule has 1 unspecified atom stereocenters. The fourth-order valence-corrected chi connectivity index (χ4v) is 3.30. The Morgan fingerprint density at radius 1 is 1.71 bits per heavy atom. The lowest BCUT2D eigenvalue weighted by Gasteiger charge is -2.12. The Labute approximate surface area is 109 Å². The summed E-state index contributed by atoms with van der Waals surface area (Å²) in [7, 11) is 0. The number of hydrogen-bond acceptors (Lipinski definition) is 5. The first-order chi connectivity index (χ1) is 8.06. The molecule has 1 saturated heterocycles. The van der Waals surface area contributed by atoms with E-state index in [1.54, 1.807) is 11.8 Å². The van der Waals surface area contributed by atoms with Crippen LogP contribution >= 0.6 is 23.3 Å². The molecule has 0 spiro atoms. The van der Waals surface area contributed by atoms with Crippen LogP contribution in [0.1, 0.15) is 19.0 Å². The van der Waals surface area contributed by atoms with Crippen LogP contribution in [-0.4, -0.2) is 27.7 Å². The van der Waals surface area contributed by atoms with E-state index < -0.39 is 0 Å². The zero-order valence-electron chi connectivity index (χ0n) is 9.80. The molecular formula is C11H14N2O2S2. The molecule has 2 heterocycles. The van der Waals surface area contributed by atoms with Gasteiger partial charge in [0.1, 0.15) is 5.00 Å². The monoisotopic (exact) mass is 270 g/mol. The first kappa shape index (κ1) is 12.6. The maximum atomic E-state index is 11.8. The molecule has 1 aromatic heterocycles. The molecule has 2 rings (SSSR count). The molecule has 92 valence electrons. The molecule has 0 N–H and O–H groups in total. The van der Waals surface area contributed by atoms with E-state index in [1.165, 1.54) is 23.3 Å². The van der Waals surface area contributed by atoms with Crippen molar-refractivity contribution in [2.24, 2.45) is 5.92 Å². The number of thioether (sulfide) groups is 1. The van der Waals surface area contributed by atoms with E-state index in [1.807, 2.05) is 13.0 Å². The Morgan fingerprint density at radius 2 is 2.47 bits per heavy atom. The van der Waals surface area contributed by atoms with E-state index in [2.05, 4.69) is 4.37 Å². The van der Waals surface area contributed by atoms with Crippen LogP contribution < -0.4 is 4.90 Å². The summed E-state index contributed by atoms with van der Waals surface area (Å²) >= 11 is 2.66. The third-order valence-corrected chi connectivity index (χ3v) is 4.56. The molecule has 0 aliphatic carbocycles. The van der Waals surface area contributed by atoms with E-state index in [-0.39, 0.29) is 16.9 Å². The molecule has 1 aromatic rings. The Balaban J connectivity index is 1.98. The van der Waals surface area contributed by atoms with Crippen molar-refractivity contribution in [2.45, 2.75) is 20.3 Å². The standard InChI is InChI=1S/C11H14N2O2S2/c1-7-3-11(17-12-7)13-5-9(4-10(13)15)6-16-8(2)14/h3,9H,4-6H2,1-2H3. The van der Waals surface area contributed by atoms with E-state index in [9.17, 15) is 9.59 Å². The number of nitrogens with zero attached hydrogens (tertiary/aromatic N) is 2. The van der Waals surface area contributed by atoms with Gasteiger partial charge in [0.15, 0.2) is 5.12 Å². The topological polar surface area (TPSA) is 50.3 Å². The number of rotatable bonds is 3. The number of hydrogen-bond donors (Lipinski definition) is 0. The number of amides is 1. The lowest BCUT2D eigenvalue weighted by molar-refractivity contribution is -0.117. The van der Waals surface area contributed by atoms with Gasteiger partial charge in [0, 0.05) is 25.6 Å². The van der Waals surface area contributed by atoms with Crippen LogP contribution in [0.2, 0.25) is 0 Å². The Hall–Kier alpha value is -0.880. The zero-order valence-corrected chi connectivity index (χ0v) is 11.4. The first-order valence-electron chi connectivity index (χ1n) is 5.43. The van der Waals surface area contributed by atoms with E-state index >= 15 is 0 Å². The number of carbonyl (C=O) groups is 2. The molecule has 1 aliphatic heterocycles. The van der Waals surface area contributed by atoms with E-state index in [4.69, 9.17) is 0 Å². The quantitative estimate of drug-likeness (QED) is 0.844. The SMILES string of the molecule is CC(=O)SCC1CC(=O)N(c2cc(C)ns2)C1. The van der Waals surface area contributed by atoms with Gasteiger partial charge in [-0.2, -0.15) is 4.37 Å². The van der Waals surface area contributed by atoms with Crippen molar-refractivity contribution >= 4 is 39.3 Å². The average Bonchev–Trinajstić information content (AvgIpc) is 2.82. The van der Waals surface area contributed by atoms with Crippen LogP contribution in [-0.2, 0) is 9.59 Å². The fraction of sp³-hybridized carbons (Fsp3) is 0.545. The summed E-state index contributed by atoms with van der Waals surface area (Å²) < 4.78 is 4.18. The van der Waals surface area contributed by atoms with Gasteiger partial charge in [0.25, 0.3) is 0 Å². The van der Waals surface area contributed by atoms with Gasteiger partial charge >= 0.3 is 0 Å². The summed E-state index contributed by atoms with van der Waals surface area (Å²) in [5.41, 5.74) is 0.944. The molecule has 1 fully saturated rings. The van der Waals surface area contributed by atoms with Crippen LogP contribution in [0.15, 0.2) is 6.07 Å². The van der Waals surface area contributed by atoms with Crippen molar-refractivity contribution < 1.29 is 9.59 Å². The van der Waals surface area contributed by atoms with Gasteiger partial charge in [0.2, 0.25) is 5.91 Å². The molecule has 17 heavy (non-hydrogen) atoms. The molecule has 0 bridgehead atoms. The van der Waals surface area contributed by atoms with Crippen LogP contribution in [0.3, 0.4) is 0 Å². The maximum absolute atomic E-state index is 11.8. The molecule has 1 atom stereocenters. The van der Waals surface area contributed by atoms with Gasteiger partial charge in [-0.15, -0.1) is 0 Å². The van der Waals surface area contributed by atoms with Crippen LogP contribution in [0.25, 0.3) is 0 Å². The summed E-state index contributed by atoms with van der Waals surface area (Å²) in [5.74, 6) is 1.15. The molecule has 0 aromatic carbocycles. The van der Waals surface area contributed by atoms with Crippen molar-refractivity contribution in [1.29, 1.82) is 0 Å². The molecule has 1 amide bonds. The molecule has 1 aliphatic rings. The average molecular weight is 270 g/mol. The number of anilines is 1. The lowest BCUT2D eigenvalue weighted by atomic mass is 10.1. The first-order valence-corrected chi connectivity index (χ1v) is 7.19. The summed E-state index contributed by atoms with van der Waals surface area (Å²) in [6, 6.07) is 1.93. The van der Waals surface area contributed by atoms with Gasteiger partial charge in [0.05, 0.1) is 5.69 Å². The second-order valence-electron chi connectivity index (χ2n) is 4.18. The number of carbonyl (C=O) groups excluding carboxylic acids is 2. The maximum Gasteiger partial charge on any atom is 0.228 e. The van der Waals surface area contributed by atoms with Gasteiger partial charge in [-0.25, -0.2) is 0 Å². The van der Waals surface area contributed by atoms with Crippen LogP contribution in [0, 0.1) is 12.8 Å². The Bertz CT molecular complexity index is 444. The summed E-state index contributed by atoms with van der Waals surface area (Å²) in [4.78, 5) is 24.5. The van der Waals surface area contributed by atoms with Crippen LogP contribution in [0.4, 0.5) is 5.00 Å².